The van der Waals surface area contributed by atoms with Crippen molar-refractivity contribution in [3.05, 3.63) is 23.8 Å². The fourth-order valence-corrected chi connectivity index (χ4v) is 3.44. The molecule has 7 heteroatoms. The van der Waals surface area contributed by atoms with Gasteiger partial charge in [-0.1, -0.05) is 0 Å². The number of halogens is 1. The standard InChI is InChI=1S/C14H16ClNO4S/c15-21(18,19)10-4-5-13-12(8-10)11(6-7-20-13)14(17)16-9-2-1-3-9/h4-5,8-9,11H,1-3,6-7H2,(H,16,17). The molecular formula is C14H16ClNO4S. The highest BCUT2D eigenvalue weighted by atomic mass is 35.7. The molecule has 1 N–H and O–H groups in total. The monoisotopic (exact) mass is 329 g/mol. The maximum atomic E-state index is 12.4. The third kappa shape index (κ3) is 3.01. The highest BCUT2D eigenvalue weighted by Gasteiger charge is 2.31. The molecule has 1 aromatic rings. The molecule has 1 fully saturated rings. The third-order valence-corrected chi connectivity index (χ3v) is 5.42. The van der Waals surface area contributed by atoms with Gasteiger partial charge < -0.3 is 10.1 Å². The van der Waals surface area contributed by atoms with Crippen LogP contribution in [0.2, 0.25) is 0 Å². The number of carbonyl (C=O) groups is 1. The summed E-state index contributed by atoms with van der Waals surface area (Å²) in [6.07, 6.45) is 3.71. The van der Waals surface area contributed by atoms with E-state index in [-0.39, 0.29) is 22.8 Å². The number of ether oxygens (including phenoxy) is 1. The minimum absolute atomic E-state index is 0.00476. The van der Waals surface area contributed by atoms with Gasteiger partial charge in [0, 0.05) is 22.3 Å². The van der Waals surface area contributed by atoms with Crippen molar-refractivity contribution in [2.75, 3.05) is 6.61 Å². The maximum absolute atomic E-state index is 12.4. The molecule has 0 spiro atoms. The van der Waals surface area contributed by atoms with Crippen molar-refractivity contribution >= 4 is 25.6 Å². The number of amides is 1. The molecular weight excluding hydrogens is 314 g/mol. The average molecular weight is 330 g/mol. The summed E-state index contributed by atoms with van der Waals surface area (Å²) in [6, 6.07) is 4.66. The third-order valence-electron chi connectivity index (χ3n) is 4.07. The Morgan fingerprint density at radius 3 is 2.67 bits per heavy atom. The molecule has 1 unspecified atom stereocenters. The molecule has 0 bridgehead atoms. The molecule has 1 aliphatic heterocycles. The minimum Gasteiger partial charge on any atom is -0.493 e. The molecule has 21 heavy (non-hydrogen) atoms. The van der Waals surface area contributed by atoms with E-state index in [0.717, 1.165) is 19.3 Å². The van der Waals surface area contributed by atoms with Gasteiger partial charge in [-0.15, -0.1) is 0 Å². The average Bonchev–Trinajstić information content (AvgIpc) is 2.40. The van der Waals surface area contributed by atoms with Crippen molar-refractivity contribution in [2.24, 2.45) is 0 Å². The Morgan fingerprint density at radius 1 is 1.29 bits per heavy atom. The highest BCUT2D eigenvalue weighted by Crippen LogP contribution is 2.36. The lowest BCUT2D eigenvalue weighted by atomic mass is 9.89. The largest absolute Gasteiger partial charge is 0.493 e. The lowest BCUT2D eigenvalue weighted by Crippen LogP contribution is -2.42. The van der Waals surface area contributed by atoms with Crippen LogP contribution in [-0.4, -0.2) is 27.0 Å². The Kier molecular flexibility index (Phi) is 3.84. The Morgan fingerprint density at radius 2 is 2.05 bits per heavy atom. The molecule has 2 aliphatic rings. The van der Waals surface area contributed by atoms with Gasteiger partial charge in [-0.25, -0.2) is 8.42 Å². The fourth-order valence-electron chi connectivity index (χ4n) is 2.65. The number of hydrogen-bond donors (Lipinski definition) is 1. The van der Waals surface area contributed by atoms with E-state index >= 15 is 0 Å². The van der Waals surface area contributed by atoms with E-state index in [4.69, 9.17) is 15.4 Å². The van der Waals surface area contributed by atoms with Gasteiger partial charge in [0.15, 0.2) is 0 Å². The van der Waals surface area contributed by atoms with Gasteiger partial charge in [0.05, 0.1) is 17.4 Å². The van der Waals surface area contributed by atoms with Crippen LogP contribution in [0.5, 0.6) is 5.75 Å². The van der Waals surface area contributed by atoms with Crippen molar-refractivity contribution in [3.63, 3.8) is 0 Å². The van der Waals surface area contributed by atoms with Crippen LogP contribution in [0.4, 0.5) is 0 Å². The van der Waals surface area contributed by atoms with Gasteiger partial charge in [-0.3, -0.25) is 4.79 Å². The van der Waals surface area contributed by atoms with Crippen LogP contribution in [0.15, 0.2) is 23.1 Å². The summed E-state index contributed by atoms with van der Waals surface area (Å²) in [5, 5.41) is 3.01. The topological polar surface area (TPSA) is 72.5 Å². The van der Waals surface area contributed by atoms with Crippen LogP contribution in [0, 0.1) is 0 Å². The normalized spacial score (nSPS) is 21.9. The summed E-state index contributed by atoms with van der Waals surface area (Å²) in [6.45, 7) is 0.447. The summed E-state index contributed by atoms with van der Waals surface area (Å²) in [5.41, 5.74) is 0.597. The number of fused-ring (bicyclic) bond motifs is 1. The second kappa shape index (κ2) is 5.50. The Labute approximate surface area is 128 Å². The zero-order valence-electron chi connectivity index (χ0n) is 11.3. The predicted molar refractivity (Wildman–Crippen MR) is 78.1 cm³/mol. The lowest BCUT2D eigenvalue weighted by Gasteiger charge is -2.31. The molecule has 0 saturated heterocycles. The molecule has 5 nitrogen and oxygen atoms in total. The van der Waals surface area contributed by atoms with Gasteiger partial charge in [0.1, 0.15) is 5.75 Å². The van der Waals surface area contributed by atoms with Crippen LogP contribution in [0.25, 0.3) is 0 Å². The first-order valence-corrected chi connectivity index (χ1v) is 9.28. The lowest BCUT2D eigenvalue weighted by molar-refractivity contribution is -0.124. The number of carbonyl (C=O) groups excluding carboxylic acids is 1. The second-order valence-electron chi connectivity index (χ2n) is 5.46. The highest BCUT2D eigenvalue weighted by molar-refractivity contribution is 8.13. The molecule has 1 atom stereocenters. The zero-order chi connectivity index (χ0) is 15.0. The molecule has 0 aromatic heterocycles. The zero-order valence-corrected chi connectivity index (χ0v) is 12.9. The van der Waals surface area contributed by atoms with Crippen LogP contribution >= 0.6 is 10.7 Å². The number of nitrogens with one attached hydrogen (secondary N) is 1. The Bertz CT molecular complexity index is 670. The molecule has 3 rings (SSSR count). The first-order valence-electron chi connectivity index (χ1n) is 6.97. The molecule has 1 heterocycles. The van der Waals surface area contributed by atoms with E-state index < -0.39 is 9.05 Å². The van der Waals surface area contributed by atoms with Crippen LogP contribution < -0.4 is 10.1 Å². The SMILES string of the molecule is O=C(NC1CCC1)C1CCOc2ccc(S(=O)(=O)Cl)cc21. The summed E-state index contributed by atoms with van der Waals surface area (Å²) >= 11 is 0. The number of benzene rings is 1. The van der Waals surface area contributed by atoms with Crippen LogP contribution in [0.3, 0.4) is 0 Å². The van der Waals surface area contributed by atoms with Crippen LogP contribution in [0.1, 0.15) is 37.2 Å². The van der Waals surface area contributed by atoms with Gasteiger partial charge in [0.25, 0.3) is 9.05 Å². The summed E-state index contributed by atoms with van der Waals surface area (Å²) in [4.78, 5) is 12.4. The molecule has 114 valence electrons. The smallest absolute Gasteiger partial charge is 0.261 e. The van der Waals surface area contributed by atoms with Gasteiger partial charge in [-0.2, -0.15) is 0 Å². The van der Waals surface area contributed by atoms with Gasteiger partial charge >= 0.3 is 0 Å². The van der Waals surface area contributed by atoms with Gasteiger partial charge in [0.2, 0.25) is 5.91 Å². The van der Waals surface area contributed by atoms with Gasteiger partial charge in [-0.05, 0) is 43.9 Å². The van der Waals surface area contributed by atoms with Crippen molar-refractivity contribution in [3.8, 4) is 5.75 Å². The second-order valence-corrected chi connectivity index (χ2v) is 8.03. The van der Waals surface area contributed by atoms with Crippen LogP contribution in [-0.2, 0) is 13.8 Å². The molecule has 1 aliphatic carbocycles. The molecule has 0 radical (unpaired) electrons. The van der Waals surface area contributed by atoms with E-state index in [1.165, 1.54) is 12.1 Å². The summed E-state index contributed by atoms with van der Waals surface area (Å²) < 4.78 is 28.4. The fraction of sp³-hybridized carbons (Fsp3) is 0.500. The predicted octanol–water partition coefficient (Wildman–Crippen LogP) is 2.15. The van der Waals surface area contributed by atoms with Crippen molar-refractivity contribution < 1.29 is 17.9 Å². The Balaban J connectivity index is 1.90. The Hall–Kier alpha value is -1.27. The van der Waals surface area contributed by atoms with E-state index in [2.05, 4.69) is 5.32 Å². The van der Waals surface area contributed by atoms with E-state index in [9.17, 15) is 13.2 Å². The van der Waals surface area contributed by atoms with Crippen molar-refractivity contribution in [2.45, 2.75) is 42.5 Å². The number of rotatable bonds is 3. The van der Waals surface area contributed by atoms with E-state index in [1.54, 1.807) is 6.07 Å². The molecule has 1 amide bonds. The number of hydrogen-bond acceptors (Lipinski definition) is 4. The maximum Gasteiger partial charge on any atom is 0.261 e. The first-order chi connectivity index (χ1) is 9.95. The minimum atomic E-state index is -3.82. The van der Waals surface area contributed by atoms with Crippen molar-refractivity contribution in [1.82, 2.24) is 5.32 Å². The summed E-state index contributed by atoms with van der Waals surface area (Å²) in [7, 11) is 1.56. The summed E-state index contributed by atoms with van der Waals surface area (Å²) in [5.74, 6) is 0.111. The van der Waals surface area contributed by atoms with E-state index in [0.29, 0.717) is 24.3 Å². The van der Waals surface area contributed by atoms with E-state index in [1.807, 2.05) is 0 Å². The van der Waals surface area contributed by atoms with Crippen molar-refractivity contribution in [1.29, 1.82) is 0 Å². The molecule has 1 saturated carbocycles. The first kappa shape index (κ1) is 14.7. The quantitative estimate of drug-likeness (QED) is 0.862. The molecule has 1 aromatic carbocycles.